The third-order valence-electron chi connectivity index (χ3n) is 2.54. The van der Waals surface area contributed by atoms with E-state index in [1.54, 1.807) is 37.4 Å². The summed E-state index contributed by atoms with van der Waals surface area (Å²) in [7, 11) is 1.74. The predicted molar refractivity (Wildman–Crippen MR) is 75.7 cm³/mol. The lowest BCUT2D eigenvalue weighted by Crippen LogP contribution is -2.08. The summed E-state index contributed by atoms with van der Waals surface area (Å²) in [5.41, 5.74) is 0.445. The summed E-state index contributed by atoms with van der Waals surface area (Å²) in [6.45, 7) is 0.361. The topological polar surface area (TPSA) is 21.3 Å². The second kappa shape index (κ2) is 6.24. The van der Waals surface area contributed by atoms with E-state index in [0.717, 1.165) is 0 Å². The van der Waals surface area contributed by atoms with Crippen LogP contribution in [0.25, 0.3) is 0 Å². The Morgan fingerprint density at radius 3 is 2.68 bits per heavy atom. The van der Waals surface area contributed by atoms with Crippen molar-refractivity contribution in [1.29, 1.82) is 0 Å². The van der Waals surface area contributed by atoms with E-state index in [9.17, 15) is 4.39 Å². The summed E-state index contributed by atoms with van der Waals surface area (Å²) in [4.78, 5) is 0. The van der Waals surface area contributed by atoms with Crippen LogP contribution in [0, 0.1) is 5.82 Å². The highest BCUT2D eigenvalue weighted by atomic mass is 35.5. The molecule has 19 heavy (non-hydrogen) atoms. The lowest BCUT2D eigenvalue weighted by atomic mass is 10.2. The lowest BCUT2D eigenvalue weighted by Gasteiger charge is -2.13. The molecular formula is C14H12Cl2FNO. The molecule has 2 aromatic carbocycles. The van der Waals surface area contributed by atoms with Crippen LogP contribution in [0.4, 0.5) is 4.39 Å². The highest BCUT2D eigenvalue weighted by Gasteiger charge is 2.11. The molecule has 0 unspecified atom stereocenters. The van der Waals surface area contributed by atoms with E-state index >= 15 is 0 Å². The van der Waals surface area contributed by atoms with Crippen molar-refractivity contribution < 1.29 is 9.13 Å². The van der Waals surface area contributed by atoms with Gasteiger partial charge in [-0.3, -0.25) is 0 Å². The van der Waals surface area contributed by atoms with Gasteiger partial charge < -0.3 is 10.1 Å². The third kappa shape index (κ3) is 3.38. The second-order valence-corrected chi connectivity index (χ2v) is 4.77. The smallest absolute Gasteiger partial charge is 0.147 e. The van der Waals surface area contributed by atoms with Crippen LogP contribution in [-0.2, 0) is 6.54 Å². The average molecular weight is 300 g/mol. The molecule has 0 aliphatic rings. The maximum Gasteiger partial charge on any atom is 0.147 e. The van der Waals surface area contributed by atoms with Crippen LogP contribution < -0.4 is 10.1 Å². The first-order valence-electron chi connectivity index (χ1n) is 5.66. The monoisotopic (exact) mass is 299 g/mol. The van der Waals surface area contributed by atoms with Crippen LogP contribution in [0.5, 0.6) is 11.5 Å². The van der Waals surface area contributed by atoms with E-state index in [1.165, 1.54) is 6.07 Å². The maximum absolute atomic E-state index is 13.7. The molecule has 0 heterocycles. The molecule has 2 rings (SSSR count). The number of ether oxygens (including phenoxy) is 1. The minimum atomic E-state index is -0.329. The van der Waals surface area contributed by atoms with Crippen molar-refractivity contribution in [2.45, 2.75) is 6.54 Å². The Labute approximate surface area is 121 Å². The fraction of sp³-hybridized carbons (Fsp3) is 0.143. The summed E-state index contributed by atoms with van der Waals surface area (Å²) in [5.74, 6) is 0.487. The Kier molecular flexibility index (Phi) is 4.64. The van der Waals surface area contributed by atoms with Crippen molar-refractivity contribution in [1.82, 2.24) is 5.32 Å². The highest BCUT2D eigenvalue weighted by molar-refractivity contribution is 6.34. The molecule has 0 bridgehead atoms. The van der Waals surface area contributed by atoms with Crippen molar-refractivity contribution in [3.63, 3.8) is 0 Å². The Morgan fingerprint density at radius 2 is 1.95 bits per heavy atom. The zero-order valence-electron chi connectivity index (χ0n) is 10.2. The van der Waals surface area contributed by atoms with Crippen LogP contribution in [0.2, 0.25) is 10.0 Å². The van der Waals surface area contributed by atoms with Gasteiger partial charge in [0.05, 0.1) is 5.02 Å². The van der Waals surface area contributed by atoms with E-state index < -0.39 is 0 Å². The van der Waals surface area contributed by atoms with Gasteiger partial charge in [0.2, 0.25) is 0 Å². The van der Waals surface area contributed by atoms with Crippen molar-refractivity contribution in [2.75, 3.05) is 7.05 Å². The number of benzene rings is 2. The van der Waals surface area contributed by atoms with Crippen molar-refractivity contribution in [3.05, 3.63) is 57.8 Å². The van der Waals surface area contributed by atoms with E-state index in [0.29, 0.717) is 33.7 Å². The lowest BCUT2D eigenvalue weighted by molar-refractivity contribution is 0.464. The van der Waals surface area contributed by atoms with Crippen LogP contribution >= 0.6 is 23.2 Å². The normalized spacial score (nSPS) is 10.5. The van der Waals surface area contributed by atoms with Crippen LogP contribution in [0.1, 0.15) is 5.56 Å². The fourth-order valence-electron chi connectivity index (χ4n) is 1.66. The van der Waals surface area contributed by atoms with Crippen molar-refractivity contribution >= 4 is 23.2 Å². The molecular weight excluding hydrogens is 288 g/mol. The Bertz CT molecular complexity index is 590. The molecule has 0 fully saturated rings. The molecule has 0 saturated heterocycles. The van der Waals surface area contributed by atoms with Crippen molar-refractivity contribution in [3.8, 4) is 11.5 Å². The standard InChI is InChI=1S/C14H12Cl2FNO/c1-18-8-10-12(17)3-2-4-13(10)19-14-7-9(15)5-6-11(14)16/h2-7,18H,8H2,1H3. The zero-order valence-corrected chi connectivity index (χ0v) is 11.7. The van der Waals surface area contributed by atoms with Gasteiger partial charge in [0.1, 0.15) is 17.3 Å². The minimum Gasteiger partial charge on any atom is -0.455 e. The zero-order chi connectivity index (χ0) is 13.8. The molecule has 0 spiro atoms. The largest absolute Gasteiger partial charge is 0.455 e. The molecule has 0 amide bonds. The molecule has 0 aliphatic heterocycles. The number of rotatable bonds is 4. The number of hydrogen-bond donors (Lipinski definition) is 1. The summed E-state index contributed by atoms with van der Waals surface area (Å²) >= 11 is 11.9. The van der Waals surface area contributed by atoms with E-state index in [-0.39, 0.29) is 5.82 Å². The first kappa shape index (κ1) is 14.1. The van der Waals surface area contributed by atoms with Gasteiger partial charge in [0.15, 0.2) is 0 Å². The van der Waals surface area contributed by atoms with Crippen LogP contribution in [-0.4, -0.2) is 7.05 Å². The maximum atomic E-state index is 13.7. The molecule has 2 nitrogen and oxygen atoms in total. The molecule has 0 atom stereocenters. The quantitative estimate of drug-likeness (QED) is 0.888. The average Bonchev–Trinajstić information content (AvgIpc) is 2.38. The molecule has 2 aromatic rings. The third-order valence-corrected chi connectivity index (χ3v) is 3.09. The minimum absolute atomic E-state index is 0.329. The first-order valence-corrected chi connectivity index (χ1v) is 6.42. The summed E-state index contributed by atoms with van der Waals surface area (Å²) in [6, 6.07) is 9.55. The van der Waals surface area contributed by atoms with Gasteiger partial charge in [-0.15, -0.1) is 0 Å². The number of halogens is 3. The van der Waals surface area contributed by atoms with Crippen LogP contribution in [0.15, 0.2) is 36.4 Å². The van der Waals surface area contributed by atoms with Gasteiger partial charge >= 0.3 is 0 Å². The molecule has 0 radical (unpaired) electrons. The molecule has 5 heteroatoms. The van der Waals surface area contributed by atoms with E-state index in [4.69, 9.17) is 27.9 Å². The van der Waals surface area contributed by atoms with Gasteiger partial charge in [-0.2, -0.15) is 0 Å². The number of hydrogen-bond acceptors (Lipinski definition) is 2. The van der Waals surface area contributed by atoms with Crippen LogP contribution in [0.3, 0.4) is 0 Å². The summed E-state index contributed by atoms with van der Waals surface area (Å²) in [5, 5.41) is 3.82. The highest BCUT2D eigenvalue weighted by Crippen LogP contribution is 2.34. The van der Waals surface area contributed by atoms with Gasteiger partial charge in [0, 0.05) is 23.2 Å². The molecule has 1 N–H and O–H groups in total. The van der Waals surface area contributed by atoms with E-state index in [1.807, 2.05) is 0 Å². The predicted octanol–water partition coefficient (Wildman–Crippen LogP) is 4.64. The Balaban J connectivity index is 2.37. The van der Waals surface area contributed by atoms with Gasteiger partial charge in [0.25, 0.3) is 0 Å². The SMILES string of the molecule is CNCc1c(F)cccc1Oc1cc(Cl)ccc1Cl. The van der Waals surface area contributed by atoms with Gasteiger partial charge in [-0.05, 0) is 31.3 Å². The fourth-order valence-corrected chi connectivity index (χ4v) is 1.97. The van der Waals surface area contributed by atoms with Gasteiger partial charge in [-0.25, -0.2) is 4.39 Å². The first-order chi connectivity index (χ1) is 9.11. The molecule has 100 valence electrons. The molecule has 0 aliphatic carbocycles. The summed E-state index contributed by atoms with van der Waals surface area (Å²) in [6.07, 6.45) is 0. The van der Waals surface area contributed by atoms with Gasteiger partial charge in [-0.1, -0.05) is 29.3 Å². The second-order valence-electron chi connectivity index (χ2n) is 3.92. The van der Waals surface area contributed by atoms with Crippen molar-refractivity contribution in [2.24, 2.45) is 0 Å². The Hall–Kier alpha value is -1.29. The molecule has 0 aromatic heterocycles. The Morgan fingerprint density at radius 1 is 1.16 bits per heavy atom. The summed E-state index contributed by atoms with van der Waals surface area (Å²) < 4.78 is 19.4. The van der Waals surface area contributed by atoms with E-state index in [2.05, 4.69) is 5.32 Å². The molecule has 0 saturated carbocycles. The number of nitrogens with one attached hydrogen (secondary N) is 1.